The minimum absolute atomic E-state index is 0.0221. The Morgan fingerprint density at radius 3 is 2.67 bits per heavy atom. The highest BCUT2D eigenvalue weighted by Gasteiger charge is 2.35. The van der Waals surface area contributed by atoms with Crippen LogP contribution in [0.4, 0.5) is 4.79 Å². The van der Waals surface area contributed by atoms with E-state index in [0.717, 1.165) is 0 Å². The van der Waals surface area contributed by atoms with Crippen LogP contribution in [0.25, 0.3) is 22.3 Å². The molecule has 2 aliphatic rings. The van der Waals surface area contributed by atoms with Crippen LogP contribution in [-0.2, 0) is 38.8 Å². The van der Waals surface area contributed by atoms with Gasteiger partial charge in [-0.05, 0) is 50.6 Å². The number of carbonyl (C=O) groups excluding carboxylic acids is 2. The molecule has 1 unspecified atom stereocenters. The fourth-order valence-electron chi connectivity index (χ4n) is 4.69. The molecular formula is C28H27N3O9. The number of aliphatic hydroxyl groups excluding tert-OH is 1. The summed E-state index contributed by atoms with van der Waals surface area (Å²) in [5.41, 5.74) is 1.81. The van der Waals surface area contributed by atoms with E-state index in [4.69, 9.17) is 24.3 Å². The number of esters is 1. The molecule has 1 amide bonds. The van der Waals surface area contributed by atoms with Crippen molar-refractivity contribution < 1.29 is 38.8 Å². The molecule has 12 heteroatoms. The number of cyclic esters (lactones) is 1. The zero-order chi connectivity index (χ0) is 28.9. The van der Waals surface area contributed by atoms with Crippen LogP contribution in [0, 0.1) is 0 Å². The molecule has 2 aromatic heterocycles. The molecule has 0 saturated heterocycles. The van der Waals surface area contributed by atoms with Crippen molar-refractivity contribution in [2.75, 3.05) is 6.61 Å². The lowest BCUT2D eigenvalue weighted by Crippen LogP contribution is -2.33. The summed E-state index contributed by atoms with van der Waals surface area (Å²) in [5.74, 6) is -1.65. The predicted octanol–water partition coefficient (Wildman–Crippen LogP) is 2.56. The minimum atomic E-state index is -1.58. The fraction of sp³-hybridized carbons (Fsp3) is 0.321. The van der Waals surface area contributed by atoms with Crippen molar-refractivity contribution >= 4 is 28.9 Å². The molecule has 3 aromatic rings. The van der Waals surface area contributed by atoms with Gasteiger partial charge in [0.1, 0.15) is 24.6 Å². The third kappa shape index (κ3) is 4.89. The Morgan fingerprint density at radius 1 is 1.23 bits per heavy atom. The van der Waals surface area contributed by atoms with Crippen LogP contribution in [0.5, 0.6) is 5.75 Å². The lowest BCUT2D eigenvalue weighted by molar-refractivity contribution is -0.157. The van der Waals surface area contributed by atoms with Gasteiger partial charge in [0.15, 0.2) is 6.10 Å². The second kappa shape index (κ2) is 9.79. The van der Waals surface area contributed by atoms with Gasteiger partial charge in [0.25, 0.3) is 5.56 Å². The molecule has 0 spiro atoms. The normalized spacial score (nSPS) is 15.5. The van der Waals surface area contributed by atoms with E-state index in [1.165, 1.54) is 4.57 Å². The summed E-state index contributed by atoms with van der Waals surface area (Å²) in [6.45, 7) is 8.37. The quantitative estimate of drug-likeness (QED) is 0.240. The van der Waals surface area contributed by atoms with Gasteiger partial charge in [-0.25, -0.2) is 19.4 Å². The van der Waals surface area contributed by atoms with Crippen LogP contribution in [0.15, 0.2) is 41.2 Å². The third-order valence-electron chi connectivity index (χ3n) is 6.57. The molecule has 0 bridgehead atoms. The Hall–Kier alpha value is -4.71. The molecule has 0 saturated carbocycles. The molecule has 3 N–H and O–H groups in total. The van der Waals surface area contributed by atoms with Gasteiger partial charge in [-0.15, -0.1) is 0 Å². The molecule has 0 aliphatic carbocycles. The van der Waals surface area contributed by atoms with Crippen molar-refractivity contribution in [3.8, 4) is 17.1 Å². The predicted molar refractivity (Wildman–Crippen MR) is 141 cm³/mol. The lowest BCUT2D eigenvalue weighted by Gasteiger charge is -2.21. The Labute approximate surface area is 227 Å². The second-order valence-electron chi connectivity index (χ2n) is 10.5. The van der Waals surface area contributed by atoms with Crippen molar-refractivity contribution in [1.29, 1.82) is 0 Å². The SMILES string of the molecule is C=C(COc1ccc2nc3c(c(CNC(=O)OC(C)(C)C)c2c1)Cn1c-3cc2c(c1=O)COC(=O)C2O)C(=O)O. The average molecular weight is 550 g/mol. The topological polar surface area (TPSA) is 166 Å². The van der Waals surface area contributed by atoms with E-state index in [2.05, 4.69) is 11.9 Å². The summed E-state index contributed by atoms with van der Waals surface area (Å²) in [6.07, 6.45) is -2.22. The van der Waals surface area contributed by atoms with E-state index in [1.807, 2.05) is 0 Å². The monoisotopic (exact) mass is 549 g/mol. The second-order valence-corrected chi connectivity index (χ2v) is 10.5. The molecule has 0 radical (unpaired) electrons. The van der Waals surface area contributed by atoms with Crippen molar-refractivity contribution in [3.05, 3.63) is 69.0 Å². The first kappa shape index (κ1) is 26.9. The number of carbonyl (C=O) groups is 3. The number of carboxylic acids is 1. The maximum Gasteiger partial charge on any atom is 0.407 e. The third-order valence-corrected chi connectivity index (χ3v) is 6.57. The molecule has 0 fully saturated rings. The van der Waals surface area contributed by atoms with Crippen LogP contribution in [0.3, 0.4) is 0 Å². The van der Waals surface area contributed by atoms with E-state index >= 15 is 0 Å². The minimum Gasteiger partial charge on any atom is -0.489 e. The smallest absolute Gasteiger partial charge is 0.407 e. The van der Waals surface area contributed by atoms with Crippen molar-refractivity contribution in [2.45, 2.75) is 52.2 Å². The van der Waals surface area contributed by atoms with Gasteiger partial charge in [0.2, 0.25) is 0 Å². The number of aliphatic hydroxyl groups is 1. The number of pyridine rings is 2. The summed E-state index contributed by atoms with van der Waals surface area (Å²) >= 11 is 0. The number of nitrogens with one attached hydrogen (secondary N) is 1. The van der Waals surface area contributed by atoms with Crippen LogP contribution in [-0.4, -0.2) is 50.0 Å². The zero-order valence-electron chi connectivity index (χ0n) is 22.1. The number of hydrogen-bond acceptors (Lipinski definition) is 9. The van der Waals surface area contributed by atoms with Gasteiger partial charge in [0, 0.05) is 23.1 Å². The van der Waals surface area contributed by atoms with Gasteiger partial charge in [-0.1, -0.05) is 6.58 Å². The molecule has 2 aliphatic heterocycles. The largest absolute Gasteiger partial charge is 0.489 e. The van der Waals surface area contributed by atoms with Crippen molar-refractivity contribution in [2.24, 2.45) is 0 Å². The van der Waals surface area contributed by atoms with Crippen LogP contribution in [0.2, 0.25) is 0 Å². The lowest BCUT2D eigenvalue weighted by atomic mass is 9.98. The number of hydrogen-bond donors (Lipinski definition) is 3. The van der Waals surface area contributed by atoms with Crippen molar-refractivity contribution in [3.63, 3.8) is 0 Å². The Kier molecular flexibility index (Phi) is 6.58. The molecule has 1 atom stereocenters. The van der Waals surface area contributed by atoms with Crippen molar-refractivity contribution in [1.82, 2.24) is 14.9 Å². The first-order valence-electron chi connectivity index (χ1n) is 12.4. The number of carboxylic acid groups (broad SMARTS) is 1. The highest BCUT2D eigenvalue weighted by atomic mass is 16.6. The first-order chi connectivity index (χ1) is 18.8. The molecular weight excluding hydrogens is 522 g/mol. The van der Waals surface area contributed by atoms with E-state index in [-0.39, 0.29) is 43.0 Å². The molecule has 40 heavy (non-hydrogen) atoms. The molecule has 1 aromatic carbocycles. The molecule has 4 heterocycles. The Bertz CT molecular complexity index is 1670. The van der Waals surface area contributed by atoms with E-state index in [0.29, 0.717) is 39.2 Å². The standard InChI is InChI=1S/C28H27N3O9/c1-13(25(34)35)11-38-14-5-6-20-15(7-14)17(9-29-27(37)40-28(2,3)4)18-10-31-21(22(18)30-20)8-16-19(24(31)33)12-39-26(36)23(16)32/h5-8,23,32H,1,9-12H2,2-4H3,(H,29,37)(H,34,35). The van der Waals surface area contributed by atoms with Gasteiger partial charge in [-0.3, -0.25) is 4.79 Å². The zero-order valence-corrected chi connectivity index (χ0v) is 22.1. The maximum atomic E-state index is 13.4. The number of aromatic nitrogens is 2. The van der Waals surface area contributed by atoms with Crippen LogP contribution >= 0.6 is 0 Å². The van der Waals surface area contributed by atoms with Gasteiger partial charge < -0.3 is 34.3 Å². The van der Waals surface area contributed by atoms with Gasteiger partial charge in [-0.2, -0.15) is 0 Å². The molecule has 12 nitrogen and oxygen atoms in total. The number of rotatable bonds is 6. The number of nitrogens with zero attached hydrogens (tertiary/aromatic N) is 2. The van der Waals surface area contributed by atoms with Gasteiger partial charge in [0.05, 0.1) is 34.6 Å². The number of alkyl carbamates (subject to hydrolysis) is 1. The van der Waals surface area contributed by atoms with Gasteiger partial charge >= 0.3 is 18.0 Å². The Balaban J connectivity index is 1.61. The highest BCUT2D eigenvalue weighted by molar-refractivity contribution is 5.90. The summed E-state index contributed by atoms with van der Waals surface area (Å²) in [6, 6.07) is 6.55. The van der Waals surface area contributed by atoms with E-state index in [1.54, 1.807) is 45.0 Å². The molecule has 5 rings (SSSR count). The molecule has 208 valence electrons. The first-order valence-corrected chi connectivity index (χ1v) is 12.4. The van der Waals surface area contributed by atoms with Crippen LogP contribution < -0.4 is 15.6 Å². The number of fused-ring (bicyclic) bond motifs is 5. The number of ether oxygens (including phenoxy) is 3. The summed E-state index contributed by atoms with van der Waals surface area (Å²) in [5, 5.41) is 22.8. The number of aliphatic carboxylic acids is 1. The summed E-state index contributed by atoms with van der Waals surface area (Å²) < 4.78 is 17.5. The highest BCUT2D eigenvalue weighted by Crippen LogP contribution is 2.38. The van der Waals surface area contributed by atoms with E-state index in [9.17, 15) is 24.3 Å². The van der Waals surface area contributed by atoms with Crippen LogP contribution in [0.1, 0.15) is 49.1 Å². The number of benzene rings is 1. The average Bonchev–Trinajstić information content (AvgIpc) is 3.25. The number of amides is 1. The van der Waals surface area contributed by atoms with E-state index < -0.39 is 35.3 Å². The Morgan fingerprint density at radius 2 is 1.98 bits per heavy atom. The fourth-order valence-corrected chi connectivity index (χ4v) is 4.69. The maximum absolute atomic E-state index is 13.4. The summed E-state index contributed by atoms with van der Waals surface area (Å²) in [7, 11) is 0. The summed E-state index contributed by atoms with van der Waals surface area (Å²) in [4.78, 5) is 53.8.